The van der Waals surface area contributed by atoms with Gasteiger partial charge in [-0.15, -0.1) is 22.7 Å². The lowest BCUT2D eigenvalue weighted by Crippen LogP contribution is -2.34. The number of carbonyl (C=O) groups is 1. The third-order valence-electron chi connectivity index (χ3n) is 4.77. The molecule has 0 saturated carbocycles. The average Bonchev–Trinajstić information content (AvgIpc) is 3.18. The zero-order valence-electron chi connectivity index (χ0n) is 14.8. The van der Waals surface area contributed by atoms with Crippen LogP contribution < -0.4 is 4.74 Å². The highest BCUT2D eigenvalue weighted by molar-refractivity contribution is 7.27. The SMILES string of the molecule is COc1cccc(CN2CCCN(C(=O)c3cc4sccc4s3)CC2)c1. The van der Waals surface area contributed by atoms with Gasteiger partial charge in [0.15, 0.2) is 0 Å². The third-order valence-corrected chi connectivity index (χ3v) is 6.85. The summed E-state index contributed by atoms with van der Waals surface area (Å²) < 4.78 is 7.75. The van der Waals surface area contributed by atoms with Crippen molar-refractivity contribution in [2.45, 2.75) is 13.0 Å². The van der Waals surface area contributed by atoms with Crippen molar-refractivity contribution in [3.8, 4) is 5.75 Å². The molecule has 3 heterocycles. The summed E-state index contributed by atoms with van der Waals surface area (Å²) in [5, 5.41) is 2.08. The van der Waals surface area contributed by atoms with E-state index >= 15 is 0 Å². The highest BCUT2D eigenvalue weighted by Gasteiger charge is 2.22. The second-order valence-electron chi connectivity index (χ2n) is 6.53. The van der Waals surface area contributed by atoms with Crippen molar-refractivity contribution < 1.29 is 9.53 Å². The standard InChI is InChI=1S/C20H22N2O2S2/c1-24-16-5-2-4-15(12-16)14-21-7-3-8-22(10-9-21)20(23)19-13-18-17(26-19)6-11-25-18/h2,4-6,11-13H,3,7-10,14H2,1H3. The van der Waals surface area contributed by atoms with E-state index in [-0.39, 0.29) is 5.91 Å². The minimum absolute atomic E-state index is 0.182. The molecular formula is C20H22N2O2S2. The molecule has 0 atom stereocenters. The summed E-state index contributed by atoms with van der Waals surface area (Å²) in [4.78, 5) is 18.2. The molecule has 0 unspecified atom stereocenters. The van der Waals surface area contributed by atoms with E-state index in [1.165, 1.54) is 15.0 Å². The first-order valence-electron chi connectivity index (χ1n) is 8.84. The average molecular weight is 387 g/mol. The van der Waals surface area contributed by atoms with E-state index in [4.69, 9.17) is 4.74 Å². The summed E-state index contributed by atoms with van der Waals surface area (Å²) >= 11 is 3.31. The van der Waals surface area contributed by atoms with E-state index in [0.717, 1.165) is 49.8 Å². The number of hydrogen-bond donors (Lipinski definition) is 0. The van der Waals surface area contributed by atoms with Crippen molar-refractivity contribution in [1.29, 1.82) is 0 Å². The highest BCUT2D eigenvalue weighted by atomic mass is 32.1. The van der Waals surface area contributed by atoms with E-state index in [2.05, 4.69) is 28.5 Å². The van der Waals surface area contributed by atoms with Crippen LogP contribution in [0, 0.1) is 0 Å². The second kappa shape index (κ2) is 7.78. The first kappa shape index (κ1) is 17.5. The molecule has 1 fully saturated rings. The lowest BCUT2D eigenvalue weighted by atomic mass is 10.2. The molecule has 3 aromatic rings. The van der Waals surface area contributed by atoms with Gasteiger partial charge in [0, 0.05) is 42.1 Å². The van der Waals surface area contributed by atoms with Crippen molar-refractivity contribution in [1.82, 2.24) is 9.80 Å². The Morgan fingerprint density at radius 3 is 2.88 bits per heavy atom. The smallest absolute Gasteiger partial charge is 0.264 e. The minimum atomic E-state index is 0.182. The van der Waals surface area contributed by atoms with Gasteiger partial charge in [-0.2, -0.15) is 0 Å². The fourth-order valence-corrected chi connectivity index (χ4v) is 5.46. The summed E-state index contributed by atoms with van der Waals surface area (Å²) in [6, 6.07) is 12.4. The Bertz CT molecular complexity index is 873. The maximum atomic E-state index is 12.9. The lowest BCUT2D eigenvalue weighted by Gasteiger charge is -2.22. The maximum absolute atomic E-state index is 12.9. The van der Waals surface area contributed by atoms with Gasteiger partial charge in [-0.3, -0.25) is 9.69 Å². The van der Waals surface area contributed by atoms with Gasteiger partial charge in [-0.05, 0) is 41.6 Å². The van der Waals surface area contributed by atoms with Crippen LogP contribution >= 0.6 is 22.7 Å². The van der Waals surface area contributed by atoms with E-state index in [9.17, 15) is 4.79 Å². The van der Waals surface area contributed by atoms with Gasteiger partial charge in [0.25, 0.3) is 5.91 Å². The molecule has 1 aliphatic rings. The van der Waals surface area contributed by atoms with Crippen LogP contribution in [0.4, 0.5) is 0 Å². The number of thiophene rings is 2. The molecule has 4 rings (SSSR count). The van der Waals surface area contributed by atoms with Crippen LogP contribution in [0.1, 0.15) is 21.7 Å². The van der Waals surface area contributed by atoms with Crippen molar-refractivity contribution in [2.24, 2.45) is 0 Å². The molecule has 4 nitrogen and oxygen atoms in total. The number of carbonyl (C=O) groups excluding carboxylic acids is 1. The number of ether oxygens (including phenoxy) is 1. The van der Waals surface area contributed by atoms with Gasteiger partial charge in [0.2, 0.25) is 0 Å². The molecular weight excluding hydrogens is 364 g/mol. The molecule has 0 bridgehead atoms. The molecule has 0 spiro atoms. The van der Waals surface area contributed by atoms with Crippen LogP contribution in [-0.4, -0.2) is 49.0 Å². The van der Waals surface area contributed by atoms with Crippen LogP contribution in [0.2, 0.25) is 0 Å². The predicted molar refractivity (Wildman–Crippen MR) is 108 cm³/mol. The van der Waals surface area contributed by atoms with Crippen LogP contribution in [0.3, 0.4) is 0 Å². The van der Waals surface area contributed by atoms with Crippen LogP contribution in [0.5, 0.6) is 5.75 Å². The van der Waals surface area contributed by atoms with E-state index in [1.54, 1.807) is 29.8 Å². The zero-order chi connectivity index (χ0) is 17.9. The molecule has 136 valence electrons. The lowest BCUT2D eigenvalue weighted by molar-refractivity contribution is 0.0766. The molecule has 26 heavy (non-hydrogen) atoms. The number of rotatable bonds is 4. The van der Waals surface area contributed by atoms with E-state index < -0.39 is 0 Å². The largest absolute Gasteiger partial charge is 0.497 e. The van der Waals surface area contributed by atoms with Crippen molar-refractivity contribution >= 4 is 38.0 Å². The zero-order valence-corrected chi connectivity index (χ0v) is 16.4. The number of benzene rings is 1. The summed E-state index contributed by atoms with van der Waals surface area (Å²) in [5.74, 6) is 1.08. The highest BCUT2D eigenvalue weighted by Crippen LogP contribution is 2.30. The monoisotopic (exact) mass is 386 g/mol. The maximum Gasteiger partial charge on any atom is 0.264 e. The Kier molecular flexibility index (Phi) is 5.24. The Morgan fingerprint density at radius 1 is 1.12 bits per heavy atom. The quantitative estimate of drug-likeness (QED) is 0.669. The van der Waals surface area contributed by atoms with Gasteiger partial charge in [-0.1, -0.05) is 12.1 Å². The number of nitrogens with zero attached hydrogens (tertiary/aromatic N) is 2. The Morgan fingerprint density at radius 2 is 2.04 bits per heavy atom. The molecule has 1 amide bonds. The summed E-state index contributed by atoms with van der Waals surface area (Å²) in [6.45, 7) is 4.44. The third kappa shape index (κ3) is 3.77. The molecule has 1 aromatic carbocycles. The van der Waals surface area contributed by atoms with Gasteiger partial charge in [0.05, 0.1) is 12.0 Å². The fourth-order valence-electron chi connectivity index (χ4n) is 3.39. The van der Waals surface area contributed by atoms with Gasteiger partial charge < -0.3 is 9.64 Å². The summed E-state index contributed by atoms with van der Waals surface area (Å²) in [5.41, 5.74) is 1.25. The van der Waals surface area contributed by atoms with Crippen molar-refractivity contribution in [2.75, 3.05) is 33.3 Å². The minimum Gasteiger partial charge on any atom is -0.497 e. The van der Waals surface area contributed by atoms with Crippen molar-refractivity contribution in [3.05, 3.63) is 52.2 Å². The molecule has 6 heteroatoms. The van der Waals surface area contributed by atoms with Crippen molar-refractivity contribution in [3.63, 3.8) is 0 Å². The second-order valence-corrected chi connectivity index (χ2v) is 8.56. The summed E-state index contributed by atoms with van der Waals surface area (Å²) in [6.07, 6.45) is 1.01. The first-order chi connectivity index (χ1) is 12.7. The van der Waals surface area contributed by atoms with Crippen LogP contribution in [-0.2, 0) is 6.54 Å². The van der Waals surface area contributed by atoms with E-state index in [1.807, 2.05) is 23.1 Å². The topological polar surface area (TPSA) is 32.8 Å². The number of amides is 1. The van der Waals surface area contributed by atoms with Crippen LogP contribution in [0.15, 0.2) is 41.8 Å². The molecule has 0 aliphatic carbocycles. The van der Waals surface area contributed by atoms with Crippen LogP contribution in [0.25, 0.3) is 9.40 Å². The Balaban J connectivity index is 1.39. The molecule has 0 N–H and O–H groups in total. The van der Waals surface area contributed by atoms with Gasteiger partial charge >= 0.3 is 0 Å². The molecule has 1 saturated heterocycles. The molecule has 1 aliphatic heterocycles. The normalized spacial score (nSPS) is 16.0. The molecule has 0 radical (unpaired) electrons. The fraction of sp³-hybridized carbons (Fsp3) is 0.350. The first-order valence-corrected chi connectivity index (χ1v) is 10.5. The van der Waals surface area contributed by atoms with E-state index in [0.29, 0.717) is 0 Å². The van der Waals surface area contributed by atoms with Gasteiger partial charge in [0.1, 0.15) is 5.75 Å². The predicted octanol–water partition coefficient (Wildman–Crippen LogP) is 4.32. The number of hydrogen-bond acceptors (Lipinski definition) is 5. The summed E-state index contributed by atoms with van der Waals surface area (Å²) in [7, 11) is 1.70. The Hall–Kier alpha value is -1.89. The number of methoxy groups -OCH3 is 1. The van der Waals surface area contributed by atoms with Gasteiger partial charge in [-0.25, -0.2) is 0 Å². The number of fused-ring (bicyclic) bond motifs is 1. The molecule has 2 aromatic heterocycles. The Labute approximate surface area is 161 Å².